The zero-order valence-corrected chi connectivity index (χ0v) is 31.1. The van der Waals surface area contributed by atoms with Gasteiger partial charge in [0.05, 0.1) is 17.1 Å². The van der Waals surface area contributed by atoms with Gasteiger partial charge in [-0.05, 0) is 92.7 Å². The molecule has 0 atom stereocenters. The number of phenols is 3. The standard InChI is InChI=1S/C39H51N3O6/c1-19-16-25(22(4)31(43)28(19)37(7,8)9)40-34(46)41(26-17-20(2)29(38(10,11)12)32(44)23(26)5)36(48)42(35(40)47)27-18-21(3)30(39(13,14)15)33(45)24(27)6/h16-18,43-45H,1-15H3. The topological polar surface area (TPSA) is 127 Å². The highest BCUT2D eigenvalue weighted by Crippen LogP contribution is 2.41. The average molecular weight is 658 g/mol. The minimum Gasteiger partial charge on any atom is -0.507 e. The van der Waals surface area contributed by atoms with E-state index in [-0.39, 0.29) is 34.3 Å². The van der Waals surface area contributed by atoms with Gasteiger partial charge in [-0.3, -0.25) is 0 Å². The number of hydrogen-bond donors (Lipinski definition) is 3. The monoisotopic (exact) mass is 657 g/mol. The molecular weight excluding hydrogens is 606 g/mol. The molecule has 1 aromatic heterocycles. The highest BCUT2D eigenvalue weighted by Gasteiger charge is 2.31. The Morgan fingerprint density at radius 3 is 0.771 bits per heavy atom. The molecule has 1 heterocycles. The lowest BCUT2D eigenvalue weighted by atomic mass is 9.82. The van der Waals surface area contributed by atoms with Crippen molar-refractivity contribution in [3.05, 3.63) is 99.7 Å². The van der Waals surface area contributed by atoms with Crippen molar-refractivity contribution < 1.29 is 15.3 Å². The maximum absolute atomic E-state index is 14.6. The number of hydrogen-bond acceptors (Lipinski definition) is 6. The van der Waals surface area contributed by atoms with Gasteiger partial charge in [-0.1, -0.05) is 62.3 Å². The lowest BCUT2D eigenvalue weighted by molar-refractivity contribution is 0.440. The van der Waals surface area contributed by atoms with Crippen molar-refractivity contribution in [1.29, 1.82) is 0 Å². The Labute approximate surface area is 282 Å². The van der Waals surface area contributed by atoms with Gasteiger partial charge in [0.1, 0.15) is 17.2 Å². The van der Waals surface area contributed by atoms with Crippen molar-refractivity contribution in [2.24, 2.45) is 0 Å². The molecule has 3 aromatic carbocycles. The molecule has 0 unspecified atom stereocenters. The first-order valence-corrected chi connectivity index (χ1v) is 16.3. The third kappa shape index (κ3) is 5.67. The van der Waals surface area contributed by atoms with Crippen LogP contribution in [0, 0.1) is 41.5 Å². The van der Waals surface area contributed by atoms with Gasteiger partial charge < -0.3 is 15.3 Å². The second kappa shape index (κ2) is 11.6. The zero-order valence-electron chi connectivity index (χ0n) is 31.1. The lowest BCUT2D eigenvalue weighted by Crippen LogP contribution is -2.53. The summed E-state index contributed by atoms with van der Waals surface area (Å²) < 4.78 is 2.68. The minimum absolute atomic E-state index is 0.0495. The number of benzene rings is 3. The first kappa shape index (κ1) is 36.3. The van der Waals surface area contributed by atoms with E-state index < -0.39 is 33.3 Å². The fourth-order valence-corrected chi connectivity index (χ4v) is 7.34. The molecule has 4 rings (SSSR count). The summed E-state index contributed by atoms with van der Waals surface area (Å²) in [5.74, 6) is -0.149. The van der Waals surface area contributed by atoms with E-state index in [1.165, 1.54) is 0 Å². The van der Waals surface area contributed by atoms with Crippen molar-refractivity contribution in [3.63, 3.8) is 0 Å². The van der Waals surface area contributed by atoms with E-state index in [0.29, 0.717) is 50.1 Å². The van der Waals surface area contributed by atoms with E-state index in [2.05, 4.69) is 0 Å². The molecule has 9 heteroatoms. The summed E-state index contributed by atoms with van der Waals surface area (Å²) in [7, 11) is 0. The molecule has 0 aliphatic carbocycles. The van der Waals surface area contributed by atoms with Crippen LogP contribution in [0.2, 0.25) is 0 Å². The van der Waals surface area contributed by atoms with Crippen LogP contribution < -0.4 is 17.1 Å². The molecule has 9 nitrogen and oxygen atoms in total. The van der Waals surface area contributed by atoms with Crippen LogP contribution in [0.4, 0.5) is 0 Å². The fourth-order valence-electron chi connectivity index (χ4n) is 7.34. The molecule has 0 bridgehead atoms. The highest BCUT2D eigenvalue weighted by molar-refractivity contribution is 5.61. The molecule has 0 radical (unpaired) electrons. The van der Waals surface area contributed by atoms with E-state index in [4.69, 9.17) is 0 Å². The number of aromatic nitrogens is 3. The first-order valence-electron chi connectivity index (χ1n) is 16.3. The summed E-state index contributed by atoms with van der Waals surface area (Å²) in [6.45, 7) is 28.0. The SMILES string of the molecule is Cc1cc(-n2c(=O)n(-c3cc(C)c(C(C)(C)C)c(O)c3C)c(=O)n(-c3cc(C)c(C(C)(C)C)c(O)c3C)c2=O)c(C)c(O)c1C(C)(C)C. The molecule has 0 aliphatic heterocycles. The molecular formula is C39H51N3O6. The molecule has 0 fully saturated rings. The van der Waals surface area contributed by atoms with E-state index in [1.807, 2.05) is 62.3 Å². The Balaban J connectivity index is 2.32. The summed E-state index contributed by atoms with van der Waals surface area (Å²) >= 11 is 0. The Morgan fingerprint density at radius 1 is 0.417 bits per heavy atom. The van der Waals surface area contributed by atoms with Crippen LogP contribution in [0.1, 0.15) is 112 Å². The van der Waals surface area contributed by atoms with E-state index in [0.717, 1.165) is 13.7 Å². The van der Waals surface area contributed by atoms with E-state index >= 15 is 0 Å². The lowest BCUT2D eigenvalue weighted by Gasteiger charge is -2.27. The van der Waals surface area contributed by atoms with Crippen LogP contribution in [0.5, 0.6) is 17.2 Å². The predicted molar refractivity (Wildman–Crippen MR) is 193 cm³/mol. The highest BCUT2D eigenvalue weighted by atomic mass is 16.3. The van der Waals surface area contributed by atoms with Gasteiger partial charge >= 0.3 is 17.1 Å². The van der Waals surface area contributed by atoms with Gasteiger partial charge in [0.15, 0.2) is 0 Å². The van der Waals surface area contributed by atoms with E-state index in [9.17, 15) is 29.7 Å². The zero-order chi connectivity index (χ0) is 36.7. The Hall–Kier alpha value is -4.53. The normalized spacial score (nSPS) is 12.6. The third-order valence-corrected chi connectivity index (χ3v) is 9.29. The molecule has 0 aliphatic rings. The quantitative estimate of drug-likeness (QED) is 0.218. The molecule has 48 heavy (non-hydrogen) atoms. The summed E-state index contributed by atoms with van der Waals surface area (Å²) in [6, 6.07) is 5.02. The summed E-state index contributed by atoms with van der Waals surface area (Å²) in [6.07, 6.45) is 0. The van der Waals surface area contributed by atoms with Crippen LogP contribution >= 0.6 is 0 Å². The van der Waals surface area contributed by atoms with Crippen LogP contribution in [-0.2, 0) is 16.2 Å². The van der Waals surface area contributed by atoms with Crippen LogP contribution in [0.3, 0.4) is 0 Å². The maximum atomic E-state index is 14.6. The van der Waals surface area contributed by atoms with Gasteiger partial charge in [0.2, 0.25) is 0 Å². The molecule has 0 spiro atoms. The largest absolute Gasteiger partial charge is 0.507 e. The maximum Gasteiger partial charge on any atom is 0.345 e. The van der Waals surface area contributed by atoms with Crippen LogP contribution in [0.25, 0.3) is 17.1 Å². The number of phenolic OH excluding ortho intramolecular Hbond substituents is 3. The molecule has 4 aromatic rings. The summed E-state index contributed by atoms with van der Waals surface area (Å²) in [5.41, 5.74) is 1.04. The summed E-state index contributed by atoms with van der Waals surface area (Å²) in [4.78, 5) is 43.8. The van der Waals surface area contributed by atoms with Crippen molar-refractivity contribution in [2.75, 3.05) is 0 Å². The predicted octanol–water partition coefficient (Wildman–Crippen LogP) is 7.00. The molecule has 0 amide bonds. The molecule has 0 saturated carbocycles. The number of aryl methyl sites for hydroxylation is 3. The van der Waals surface area contributed by atoms with Crippen molar-refractivity contribution in [3.8, 4) is 34.3 Å². The number of nitrogens with zero attached hydrogens (tertiary/aromatic N) is 3. The van der Waals surface area contributed by atoms with Crippen molar-refractivity contribution >= 4 is 0 Å². The van der Waals surface area contributed by atoms with Gasteiger partial charge in [0.25, 0.3) is 0 Å². The van der Waals surface area contributed by atoms with E-state index in [1.54, 1.807) is 59.7 Å². The average Bonchev–Trinajstić information content (AvgIpc) is 2.90. The molecule has 0 saturated heterocycles. The third-order valence-electron chi connectivity index (χ3n) is 9.29. The Morgan fingerprint density at radius 2 is 0.604 bits per heavy atom. The van der Waals surface area contributed by atoms with Crippen molar-refractivity contribution in [1.82, 2.24) is 13.7 Å². The van der Waals surface area contributed by atoms with Crippen LogP contribution in [0.15, 0.2) is 32.6 Å². The number of rotatable bonds is 3. The van der Waals surface area contributed by atoms with Crippen molar-refractivity contribution in [2.45, 2.75) is 120 Å². The van der Waals surface area contributed by atoms with Crippen LogP contribution in [-0.4, -0.2) is 29.0 Å². The van der Waals surface area contributed by atoms with Gasteiger partial charge in [-0.25, -0.2) is 28.1 Å². The smallest absolute Gasteiger partial charge is 0.345 e. The molecule has 3 N–H and O–H groups in total. The number of aromatic hydroxyl groups is 3. The minimum atomic E-state index is -0.957. The first-order chi connectivity index (χ1) is 21.7. The second-order valence-electron chi connectivity index (χ2n) is 16.3. The summed E-state index contributed by atoms with van der Waals surface area (Å²) in [5, 5.41) is 34.4. The molecule has 258 valence electrons. The fraction of sp³-hybridized carbons (Fsp3) is 0.462. The Bertz CT molecular complexity index is 1900. The Kier molecular flexibility index (Phi) is 8.75. The van der Waals surface area contributed by atoms with Gasteiger partial charge in [-0.2, -0.15) is 0 Å². The van der Waals surface area contributed by atoms with Gasteiger partial charge in [-0.15, -0.1) is 0 Å². The second-order valence-corrected chi connectivity index (χ2v) is 16.3. The van der Waals surface area contributed by atoms with Gasteiger partial charge in [0, 0.05) is 33.4 Å².